The van der Waals surface area contributed by atoms with E-state index in [1.807, 2.05) is 24.3 Å². The van der Waals surface area contributed by atoms with Crippen molar-refractivity contribution in [3.8, 4) is 0 Å². The second-order valence-electron chi connectivity index (χ2n) is 3.35. The Morgan fingerprint density at radius 2 is 2.07 bits per heavy atom. The van der Waals surface area contributed by atoms with Gasteiger partial charge in [0, 0.05) is 16.9 Å². The van der Waals surface area contributed by atoms with Crippen molar-refractivity contribution in [2.24, 2.45) is 5.92 Å². The first-order valence-corrected chi connectivity index (χ1v) is 5.29. The number of hydrogen-bond acceptors (Lipinski definition) is 3. The SMILES string of the molecule is O=CC1CNNC1c1ccc(Br)cc1. The van der Waals surface area contributed by atoms with Gasteiger partial charge in [0.15, 0.2) is 0 Å². The average molecular weight is 255 g/mol. The highest BCUT2D eigenvalue weighted by Crippen LogP contribution is 2.24. The average Bonchev–Trinajstić information content (AvgIpc) is 2.67. The highest BCUT2D eigenvalue weighted by Gasteiger charge is 2.27. The normalized spacial score (nSPS) is 26.4. The van der Waals surface area contributed by atoms with Gasteiger partial charge in [0.25, 0.3) is 0 Å². The molecule has 1 fully saturated rings. The van der Waals surface area contributed by atoms with E-state index in [0.29, 0.717) is 6.54 Å². The van der Waals surface area contributed by atoms with Crippen LogP contribution in [0.3, 0.4) is 0 Å². The maximum atomic E-state index is 10.8. The summed E-state index contributed by atoms with van der Waals surface area (Å²) in [5.74, 6) is 0.0242. The zero-order valence-corrected chi connectivity index (χ0v) is 9.12. The lowest BCUT2D eigenvalue weighted by Gasteiger charge is -2.13. The van der Waals surface area contributed by atoms with Gasteiger partial charge < -0.3 is 4.79 Å². The molecule has 0 radical (unpaired) electrons. The summed E-state index contributed by atoms with van der Waals surface area (Å²) in [5, 5.41) is 0. The topological polar surface area (TPSA) is 41.1 Å². The highest BCUT2D eigenvalue weighted by molar-refractivity contribution is 9.10. The Labute approximate surface area is 91.0 Å². The van der Waals surface area contributed by atoms with E-state index in [-0.39, 0.29) is 12.0 Å². The largest absolute Gasteiger partial charge is 0.303 e. The zero-order valence-electron chi connectivity index (χ0n) is 7.53. The van der Waals surface area contributed by atoms with Crippen LogP contribution in [0.1, 0.15) is 11.6 Å². The monoisotopic (exact) mass is 254 g/mol. The number of hydrazine groups is 1. The van der Waals surface area contributed by atoms with Gasteiger partial charge in [-0.15, -0.1) is 0 Å². The van der Waals surface area contributed by atoms with E-state index in [1.165, 1.54) is 0 Å². The van der Waals surface area contributed by atoms with Gasteiger partial charge in [0.05, 0.1) is 6.04 Å². The Hall–Kier alpha value is -0.710. The molecular formula is C10H11BrN2O. The fourth-order valence-corrected chi connectivity index (χ4v) is 1.90. The van der Waals surface area contributed by atoms with Crippen molar-refractivity contribution < 1.29 is 4.79 Å². The molecule has 0 bridgehead atoms. The first kappa shape index (κ1) is 9.83. The molecule has 1 aromatic carbocycles. The molecular weight excluding hydrogens is 244 g/mol. The van der Waals surface area contributed by atoms with Crippen LogP contribution in [0.15, 0.2) is 28.7 Å². The molecule has 1 heterocycles. The Morgan fingerprint density at radius 3 is 2.71 bits per heavy atom. The van der Waals surface area contributed by atoms with E-state index < -0.39 is 0 Å². The van der Waals surface area contributed by atoms with Crippen LogP contribution in [0, 0.1) is 5.92 Å². The predicted molar refractivity (Wildman–Crippen MR) is 57.6 cm³/mol. The Bertz CT molecular complexity index is 325. The third kappa shape index (κ3) is 1.87. The Balaban J connectivity index is 2.21. The molecule has 14 heavy (non-hydrogen) atoms. The van der Waals surface area contributed by atoms with Crippen molar-refractivity contribution in [2.75, 3.05) is 6.54 Å². The Morgan fingerprint density at radius 1 is 1.36 bits per heavy atom. The van der Waals surface area contributed by atoms with Crippen molar-refractivity contribution >= 4 is 22.2 Å². The standard InChI is InChI=1S/C10H11BrN2O/c11-9-3-1-7(2-4-9)10-8(6-14)5-12-13-10/h1-4,6,8,10,12-13H,5H2. The smallest absolute Gasteiger partial charge is 0.126 e. The first-order valence-electron chi connectivity index (χ1n) is 4.50. The second-order valence-corrected chi connectivity index (χ2v) is 4.27. The number of hydrogen-bond donors (Lipinski definition) is 2. The summed E-state index contributed by atoms with van der Waals surface area (Å²) in [7, 11) is 0. The van der Waals surface area contributed by atoms with Crippen LogP contribution in [0.2, 0.25) is 0 Å². The fraction of sp³-hybridized carbons (Fsp3) is 0.300. The summed E-state index contributed by atoms with van der Waals surface area (Å²) < 4.78 is 1.05. The van der Waals surface area contributed by atoms with Gasteiger partial charge in [-0.2, -0.15) is 0 Å². The third-order valence-electron chi connectivity index (χ3n) is 2.43. The quantitative estimate of drug-likeness (QED) is 0.785. The molecule has 1 aliphatic heterocycles. The Kier molecular flexibility index (Phi) is 2.96. The molecule has 0 saturated carbocycles. The number of halogens is 1. The molecule has 4 heteroatoms. The summed E-state index contributed by atoms with van der Waals surface area (Å²) >= 11 is 3.38. The number of aldehydes is 1. The van der Waals surface area contributed by atoms with Crippen LogP contribution >= 0.6 is 15.9 Å². The number of rotatable bonds is 2. The summed E-state index contributed by atoms with van der Waals surface area (Å²) in [6.45, 7) is 0.699. The lowest BCUT2D eigenvalue weighted by atomic mass is 9.96. The number of benzene rings is 1. The highest BCUT2D eigenvalue weighted by atomic mass is 79.9. The van der Waals surface area contributed by atoms with Crippen LogP contribution in [0.5, 0.6) is 0 Å². The molecule has 0 aliphatic carbocycles. The van der Waals surface area contributed by atoms with E-state index in [1.54, 1.807) is 0 Å². The van der Waals surface area contributed by atoms with Crippen molar-refractivity contribution in [3.63, 3.8) is 0 Å². The van der Waals surface area contributed by atoms with Crippen molar-refractivity contribution in [1.29, 1.82) is 0 Å². The van der Waals surface area contributed by atoms with E-state index >= 15 is 0 Å². The third-order valence-corrected chi connectivity index (χ3v) is 2.96. The summed E-state index contributed by atoms with van der Waals surface area (Å²) in [4.78, 5) is 10.8. The number of carbonyl (C=O) groups excluding carboxylic acids is 1. The van der Waals surface area contributed by atoms with Gasteiger partial charge >= 0.3 is 0 Å². The van der Waals surface area contributed by atoms with Gasteiger partial charge in [-0.1, -0.05) is 28.1 Å². The van der Waals surface area contributed by atoms with Crippen LogP contribution in [0.4, 0.5) is 0 Å². The van der Waals surface area contributed by atoms with Crippen LogP contribution < -0.4 is 10.9 Å². The fourth-order valence-electron chi connectivity index (χ4n) is 1.64. The van der Waals surface area contributed by atoms with Gasteiger partial charge in [-0.25, -0.2) is 5.43 Å². The number of nitrogens with one attached hydrogen (secondary N) is 2. The van der Waals surface area contributed by atoms with E-state index in [9.17, 15) is 4.79 Å². The maximum Gasteiger partial charge on any atom is 0.126 e. The van der Waals surface area contributed by atoms with E-state index in [2.05, 4.69) is 26.8 Å². The van der Waals surface area contributed by atoms with Crippen molar-refractivity contribution in [1.82, 2.24) is 10.9 Å². The maximum absolute atomic E-state index is 10.8. The zero-order chi connectivity index (χ0) is 9.97. The molecule has 2 N–H and O–H groups in total. The van der Waals surface area contributed by atoms with Gasteiger partial charge in [-0.3, -0.25) is 5.43 Å². The number of carbonyl (C=O) groups is 1. The van der Waals surface area contributed by atoms with E-state index in [4.69, 9.17) is 0 Å². The molecule has 1 aromatic rings. The molecule has 1 aliphatic rings. The molecule has 2 atom stereocenters. The minimum Gasteiger partial charge on any atom is -0.303 e. The van der Waals surface area contributed by atoms with Gasteiger partial charge in [0.1, 0.15) is 6.29 Å². The summed E-state index contributed by atoms with van der Waals surface area (Å²) in [6.07, 6.45) is 1.000. The van der Waals surface area contributed by atoms with Gasteiger partial charge in [0.2, 0.25) is 0 Å². The minimum absolute atomic E-state index is 0.0242. The van der Waals surface area contributed by atoms with Crippen LogP contribution in [-0.2, 0) is 4.79 Å². The predicted octanol–water partition coefficient (Wildman–Crippen LogP) is 1.41. The lowest BCUT2D eigenvalue weighted by Crippen LogP contribution is -2.25. The van der Waals surface area contributed by atoms with Crippen LogP contribution in [0.25, 0.3) is 0 Å². The van der Waals surface area contributed by atoms with Crippen LogP contribution in [-0.4, -0.2) is 12.8 Å². The second kappa shape index (κ2) is 4.21. The molecule has 0 amide bonds. The lowest BCUT2D eigenvalue weighted by molar-refractivity contribution is -0.111. The molecule has 3 nitrogen and oxygen atoms in total. The minimum atomic E-state index is 0.0242. The summed E-state index contributed by atoms with van der Waals surface area (Å²) in [5.41, 5.74) is 7.22. The molecule has 2 unspecified atom stereocenters. The molecule has 2 rings (SSSR count). The summed E-state index contributed by atoms with van der Waals surface area (Å²) in [6, 6.07) is 8.10. The molecule has 0 spiro atoms. The van der Waals surface area contributed by atoms with E-state index in [0.717, 1.165) is 16.3 Å². The van der Waals surface area contributed by atoms with Crippen molar-refractivity contribution in [2.45, 2.75) is 6.04 Å². The first-order chi connectivity index (χ1) is 6.81. The molecule has 74 valence electrons. The molecule has 1 saturated heterocycles. The van der Waals surface area contributed by atoms with Crippen molar-refractivity contribution in [3.05, 3.63) is 34.3 Å². The molecule has 0 aromatic heterocycles. The van der Waals surface area contributed by atoms with Gasteiger partial charge in [-0.05, 0) is 17.7 Å².